The van der Waals surface area contributed by atoms with Crippen molar-refractivity contribution in [1.29, 1.82) is 0 Å². The summed E-state index contributed by atoms with van der Waals surface area (Å²) in [4.78, 5) is 23.8. The summed E-state index contributed by atoms with van der Waals surface area (Å²) in [5, 5.41) is 2.89. The van der Waals surface area contributed by atoms with Crippen LogP contribution in [-0.2, 0) is 16.0 Å². The maximum atomic E-state index is 13.7. The summed E-state index contributed by atoms with van der Waals surface area (Å²) in [5.41, 5.74) is 5.88. The molecule has 0 saturated carbocycles. The van der Waals surface area contributed by atoms with E-state index in [1.54, 1.807) is 18.3 Å². The zero-order valence-corrected chi connectivity index (χ0v) is 18.1. The molecular formula is C25H22FN5O2. The summed E-state index contributed by atoms with van der Waals surface area (Å²) in [6, 6.07) is 12.5. The lowest BCUT2D eigenvalue weighted by molar-refractivity contribution is -0.115. The first-order valence-electron chi connectivity index (χ1n) is 11.0. The third-order valence-corrected chi connectivity index (χ3v) is 6.28. The molecule has 1 N–H and O–H groups in total. The topological polar surface area (TPSA) is 71.8 Å². The summed E-state index contributed by atoms with van der Waals surface area (Å²) in [6.07, 6.45) is 4.03. The van der Waals surface area contributed by atoms with Crippen molar-refractivity contribution in [2.45, 2.75) is 19.4 Å². The second kappa shape index (κ2) is 7.67. The van der Waals surface area contributed by atoms with Crippen LogP contribution in [0.15, 0.2) is 54.9 Å². The molecule has 0 unspecified atom stereocenters. The number of hydrogen-bond acceptors (Lipinski definition) is 5. The van der Waals surface area contributed by atoms with E-state index in [0.29, 0.717) is 19.6 Å². The van der Waals surface area contributed by atoms with E-state index in [-0.39, 0.29) is 17.8 Å². The van der Waals surface area contributed by atoms with Gasteiger partial charge in [-0.1, -0.05) is 6.07 Å². The molecule has 7 nitrogen and oxygen atoms in total. The number of nitrogens with one attached hydrogen (secondary N) is 1. The smallest absolute Gasteiger partial charge is 0.228 e. The molecule has 1 fully saturated rings. The van der Waals surface area contributed by atoms with Gasteiger partial charge in [-0.2, -0.15) is 0 Å². The number of halogens is 1. The lowest BCUT2D eigenvalue weighted by Crippen LogP contribution is -2.44. The Hall–Kier alpha value is -3.78. The third-order valence-electron chi connectivity index (χ3n) is 6.28. The number of rotatable bonds is 3. The zero-order valence-electron chi connectivity index (χ0n) is 18.1. The minimum atomic E-state index is -0.296. The molecule has 1 atom stereocenters. The van der Waals surface area contributed by atoms with E-state index in [0.717, 1.165) is 51.8 Å². The molecular weight excluding hydrogens is 421 g/mol. The maximum Gasteiger partial charge on any atom is 0.228 e. The molecule has 33 heavy (non-hydrogen) atoms. The van der Waals surface area contributed by atoms with Crippen LogP contribution in [0.2, 0.25) is 0 Å². The van der Waals surface area contributed by atoms with Gasteiger partial charge in [0.25, 0.3) is 0 Å². The van der Waals surface area contributed by atoms with Crippen LogP contribution >= 0.6 is 0 Å². The van der Waals surface area contributed by atoms with Crippen molar-refractivity contribution in [1.82, 2.24) is 14.4 Å². The van der Waals surface area contributed by atoms with Gasteiger partial charge in [0, 0.05) is 35.8 Å². The maximum absolute atomic E-state index is 13.7. The number of morpholine rings is 1. The Morgan fingerprint density at radius 3 is 2.79 bits per heavy atom. The third kappa shape index (κ3) is 3.34. The number of nitrogens with zero attached hydrogens (tertiary/aromatic N) is 4. The van der Waals surface area contributed by atoms with Gasteiger partial charge < -0.3 is 15.0 Å². The molecule has 2 aromatic carbocycles. The predicted molar refractivity (Wildman–Crippen MR) is 124 cm³/mol. The van der Waals surface area contributed by atoms with Gasteiger partial charge in [-0.25, -0.2) is 14.4 Å². The van der Waals surface area contributed by atoms with Crippen LogP contribution in [-0.4, -0.2) is 46.1 Å². The van der Waals surface area contributed by atoms with E-state index < -0.39 is 0 Å². The first kappa shape index (κ1) is 19.9. The summed E-state index contributed by atoms with van der Waals surface area (Å²) >= 11 is 0. The fourth-order valence-corrected chi connectivity index (χ4v) is 4.67. The molecule has 2 aromatic heterocycles. The molecule has 0 aliphatic carbocycles. The molecule has 4 aromatic rings. The van der Waals surface area contributed by atoms with Gasteiger partial charge in [-0.15, -0.1) is 0 Å². The Kier molecular flexibility index (Phi) is 4.62. The van der Waals surface area contributed by atoms with Crippen molar-refractivity contribution in [3.8, 4) is 22.5 Å². The molecule has 0 radical (unpaired) electrons. The molecule has 6 rings (SSSR count). The highest BCUT2D eigenvalue weighted by Gasteiger charge is 2.26. The van der Waals surface area contributed by atoms with Gasteiger partial charge in [0.05, 0.1) is 37.1 Å². The molecule has 8 heteroatoms. The number of hydrogen-bond donors (Lipinski definition) is 1. The Labute approximate surface area is 189 Å². The molecule has 1 saturated heterocycles. The lowest BCUT2D eigenvalue weighted by Gasteiger charge is -2.34. The summed E-state index contributed by atoms with van der Waals surface area (Å²) in [6.45, 7) is 4.11. The SMILES string of the molecule is C[C@@H]1COCCN1c1nccn2c(-c3ccc4c(c3)CC(=O)N4)c(-c3ccc(F)cc3)nc12. The van der Waals surface area contributed by atoms with E-state index >= 15 is 0 Å². The van der Waals surface area contributed by atoms with Crippen LogP contribution in [0.1, 0.15) is 12.5 Å². The van der Waals surface area contributed by atoms with Crippen LogP contribution in [0.25, 0.3) is 28.2 Å². The summed E-state index contributed by atoms with van der Waals surface area (Å²) in [5.74, 6) is 0.489. The summed E-state index contributed by atoms with van der Waals surface area (Å²) < 4.78 is 21.3. The van der Waals surface area contributed by atoms with E-state index in [1.807, 2.05) is 28.8 Å². The van der Waals surface area contributed by atoms with Gasteiger partial charge in [-0.05, 0) is 48.9 Å². The fraction of sp³-hybridized carbons (Fsp3) is 0.240. The second-order valence-electron chi connectivity index (χ2n) is 8.47. The zero-order chi connectivity index (χ0) is 22.5. The molecule has 1 amide bonds. The molecule has 2 aliphatic rings. The molecule has 4 heterocycles. The molecule has 0 bridgehead atoms. The van der Waals surface area contributed by atoms with Gasteiger partial charge in [0.2, 0.25) is 5.91 Å². The van der Waals surface area contributed by atoms with Gasteiger partial charge >= 0.3 is 0 Å². The van der Waals surface area contributed by atoms with Crippen molar-refractivity contribution in [3.05, 3.63) is 66.2 Å². The quantitative estimate of drug-likeness (QED) is 0.520. The largest absolute Gasteiger partial charge is 0.377 e. The van der Waals surface area contributed by atoms with Gasteiger partial charge in [0.15, 0.2) is 11.5 Å². The highest BCUT2D eigenvalue weighted by Crippen LogP contribution is 2.37. The highest BCUT2D eigenvalue weighted by molar-refractivity contribution is 6.00. The standard InChI is InChI=1S/C25H22FN5O2/c1-15-14-33-11-10-30(15)24-25-29-22(16-2-5-19(26)6-3-16)23(31(25)9-8-27-24)17-4-7-20-18(12-17)13-21(32)28-20/h2-9,12,15H,10-11,13-14H2,1H3,(H,28,32)/t15-/m1/s1. The first-order valence-corrected chi connectivity index (χ1v) is 11.0. The Balaban J connectivity index is 1.59. The fourth-order valence-electron chi connectivity index (χ4n) is 4.67. The van der Waals surface area contributed by atoms with Crippen LogP contribution in [0, 0.1) is 5.82 Å². The number of benzene rings is 2. The Bertz CT molecular complexity index is 1380. The average molecular weight is 443 g/mol. The normalized spacial score (nSPS) is 17.9. The monoisotopic (exact) mass is 443 g/mol. The van der Waals surface area contributed by atoms with E-state index in [9.17, 15) is 9.18 Å². The van der Waals surface area contributed by atoms with E-state index in [2.05, 4.69) is 22.1 Å². The molecule has 2 aliphatic heterocycles. The predicted octanol–water partition coefficient (Wildman–Crippen LogP) is 3.92. The number of aromatic nitrogens is 3. The van der Waals surface area contributed by atoms with Crippen molar-refractivity contribution >= 4 is 23.1 Å². The lowest BCUT2D eigenvalue weighted by atomic mass is 10.0. The minimum Gasteiger partial charge on any atom is -0.377 e. The number of fused-ring (bicyclic) bond motifs is 2. The first-order chi connectivity index (χ1) is 16.1. The number of anilines is 2. The van der Waals surface area contributed by atoms with Crippen LogP contribution < -0.4 is 10.2 Å². The Morgan fingerprint density at radius 2 is 1.97 bits per heavy atom. The second-order valence-corrected chi connectivity index (χ2v) is 8.47. The van der Waals surface area contributed by atoms with Crippen molar-refractivity contribution in [2.24, 2.45) is 0 Å². The average Bonchev–Trinajstić information content (AvgIpc) is 3.39. The van der Waals surface area contributed by atoms with Crippen LogP contribution in [0.3, 0.4) is 0 Å². The summed E-state index contributed by atoms with van der Waals surface area (Å²) in [7, 11) is 0. The van der Waals surface area contributed by atoms with Crippen LogP contribution in [0.5, 0.6) is 0 Å². The van der Waals surface area contributed by atoms with Crippen LogP contribution in [0.4, 0.5) is 15.9 Å². The van der Waals surface area contributed by atoms with E-state index in [1.165, 1.54) is 12.1 Å². The van der Waals surface area contributed by atoms with Gasteiger partial charge in [-0.3, -0.25) is 9.20 Å². The van der Waals surface area contributed by atoms with Gasteiger partial charge in [0.1, 0.15) is 5.82 Å². The van der Waals surface area contributed by atoms with Crippen molar-refractivity contribution in [3.63, 3.8) is 0 Å². The molecule has 166 valence electrons. The number of amides is 1. The number of ether oxygens (including phenoxy) is 1. The molecule has 0 spiro atoms. The van der Waals surface area contributed by atoms with E-state index in [4.69, 9.17) is 9.72 Å². The number of carbonyl (C=O) groups is 1. The highest BCUT2D eigenvalue weighted by atomic mass is 19.1. The Morgan fingerprint density at radius 1 is 1.15 bits per heavy atom. The van der Waals surface area contributed by atoms with Crippen molar-refractivity contribution < 1.29 is 13.9 Å². The number of carbonyl (C=O) groups excluding carboxylic acids is 1. The number of imidazole rings is 1. The minimum absolute atomic E-state index is 0.00755. The van der Waals surface area contributed by atoms with Crippen molar-refractivity contribution in [2.75, 3.05) is 30.0 Å².